The first-order chi connectivity index (χ1) is 21.7. The summed E-state index contributed by atoms with van der Waals surface area (Å²) < 4.78 is 57.1. The average molecular weight is 655 g/mol. The van der Waals surface area contributed by atoms with Gasteiger partial charge in [0.2, 0.25) is 0 Å². The van der Waals surface area contributed by atoms with E-state index in [1.54, 1.807) is 23.9 Å². The van der Waals surface area contributed by atoms with Crippen LogP contribution in [0.2, 0.25) is 0 Å². The van der Waals surface area contributed by atoms with E-state index in [1.165, 1.54) is 18.4 Å². The molecule has 2 atom stereocenters. The van der Waals surface area contributed by atoms with Gasteiger partial charge in [-0.05, 0) is 36.6 Å². The number of hydrogen-bond acceptors (Lipinski definition) is 7. The summed E-state index contributed by atoms with van der Waals surface area (Å²) in [5.41, 5.74) is 1.45. The van der Waals surface area contributed by atoms with E-state index in [9.17, 15) is 13.6 Å². The Morgan fingerprint density at radius 2 is 1.96 bits per heavy atom. The normalized spacial score (nSPS) is 13.0. The highest BCUT2D eigenvalue weighted by Gasteiger charge is 2.27. The summed E-state index contributed by atoms with van der Waals surface area (Å²) in [6, 6.07) is 10.6. The van der Waals surface area contributed by atoms with Gasteiger partial charge in [-0.3, -0.25) is 14.6 Å². The Kier molecular flexibility index (Phi) is 8.49. The van der Waals surface area contributed by atoms with Crippen LogP contribution in [0.5, 0.6) is 5.75 Å². The van der Waals surface area contributed by atoms with Crippen LogP contribution in [0.1, 0.15) is 18.7 Å². The zero-order valence-electron chi connectivity index (χ0n) is 24.2. The predicted octanol–water partition coefficient (Wildman–Crippen LogP) is 6.92. The maximum absolute atomic E-state index is 15.9. The number of amides is 1. The number of aryl methyl sites for hydroxylation is 1. The third-order valence-electron chi connectivity index (χ3n) is 7.31. The van der Waals surface area contributed by atoms with Crippen LogP contribution in [-0.4, -0.2) is 56.8 Å². The van der Waals surface area contributed by atoms with E-state index >= 15 is 4.39 Å². The number of nitrogens with zero attached hydrogens (tertiary/aromatic N) is 4. The van der Waals surface area contributed by atoms with E-state index < -0.39 is 29.2 Å². The van der Waals surface area contributed by atoms with Crippen LogP contribution in [0.3, 0.4) is 0 Å². The molecule has 2 N–H and O–H groups in total. The van der Waals surface area contributed by atoms with Crippen LogP contribution in [0.25, 0.3) is 54.8 Å². The van der Waals surface area contributed by atoms with Gasteiger partial charge < -0.3 is 14.8 Å². The Morgan fingerprint density at radius 1 is 1.13 bits per heavy atom. The highest BCUT2D eigenvalue weighted by molar-refractivity contribution is 7.18. The SMILES string of the molecule is COCCOc1cc(F)cc(F)c1-c1c(-c2cc(C(C)NC(=O)C(F)Cl)[nH]n2)nc(-c2ccc3c(cnn3C)c2)c2ccsc12. The van der Waals surface area contributed by atoms with Gasteiger partial charge in [0.25, 0.3) is 11.5 Å². The van der Waals surface area contributed by atoms with E-state index in [1.807, 2.05) is 36.7 Å². The number of alkyl halides is 2. The molecule has 9 nitrogen and oxygen atoms in total. The van der Waals surface area contributed by atoms with E-state index in [4.69, 9.17) is 26.1 Å². The third-order valence-corrected chi connectivity index (χ3v) is 8.44. The zero-order valence-corrected chi connectivity index (χ0v) is 25.8. The highest BCUT2D eigenvalue weighted by atomic mass is 35.5. The van der Waals surface area contributed by atoms with Gasteiger partial charge in [0.1, 0.15) is 35.4 Å². The fourth-order valence-electron chi connectivity index (χ4n) is 5.15. The lowest BCUT2D eigenvalue weighted by Crippen LogP contribution is -2.31. The Labute approximate surface area is 263 Å². The minimum absolute atomic E-state index is 0.00465. The molecule has 2 aromatic carbocycles. The highest BCUT2D eigenvalue weighted by Crippen LogP contribution is 2.47. The number of fused-ring (bicyclic) bond motifs is 2. The first kappa shape index (κ1) is 30.6. The number of H-pyrrole nitrogens is 1. The number of thiophene rings is 1. The minimum atomic E-state index is -2.22. The quantitative estimate of drug-likeness (QED) is 0.123. The van der Waals surface area contributed by atoms with Crippen molar-refractivity contribution in [3.8, 4) is 39.5 Å². The Bertz CT molecular complexity index is 2040. The van der Waals surface area contributed by atoms with E-state index in [0.717, 1.165) is 34.0 Å². The molecule has 0 radical (unpaired) electrons. The summed E-state index contributed by atoms with van der Waals surface area (Å²) in [6.07, 6.45) is 1.76. The fraction of sp³-hybridized carbons (Fsp3) is 0.226. The van der Waals surface area contributed by atoms with Gasteiger partial charge in [-0.1, -0.05) is 17.7 Å². The molecule has 0 aliphatic carbocycles. The van der Waals surface area contributed by atoms with E-state index in [2.05, 4.69) is 20.6 Å². The molecule has 4 heterocycles. The summed E-state index contributed by atoms with van der Waals surface area (Å²) in [5, 5.41) is 17.6. The second kappa shape index (κ2) is 12.5. The number of methoxy groups -OCH3 is 1. The zero-order chi connectivity index (χ0) is 31.8. The number of carbonyl (C=O) groups excluding carboxylic acids is 1. The Balaban J connectivity index is 1.60. The Hall–Kier alpha value is -4.46. The number of nitrogens with one attached hydrogen (secondary N) is 2. The van der Waals surface area contributed by atoms with Crippen LogP contribution in [0.4, 0.5) is 13.2 Å². The molecule has 1 amide bonds. The largest absolute Gasteiger partial charge is 0.490 e. The van der Waals surface area contributed by atoms with Crippen molar-refractivity contribution in [1.82, 2.24) is 30.3 Å². The molecule has 6 aromatic rings. The predicted molar refractivity (Wildman–Crippen MR) is 167 cm³/mol. The topological polar surface area (TPSA) is 107 Å². The molecule has 6 rings (SSSR count). The summed E-state index contributed by atoms with van der Waals surface area (Å²) in [4.78, 5) is 17.0. The molecule has 0 saturated carbocycles. The number of ether oxygens (including phenoxy) is 2. The van der Waals surface area contributed by atoms with Gasteiger partial charge in [0.05, 0.1) is 41.3 Å². The van der Waals surface area contributed by atoms with Crippen LogP contribution in [-0.2, 0) is 16.6 Å². The van der Waals surface area contributed by atoms with Gasteiger partial charge in [-0.25, -0.2) is 18.2 Å². The van der Waals surface area contributed by atoms with Crippen LogP contribution >= 0.6 is 22.9 Å². The van der Waals surface area contributed by atoms with Crippen molar-refractivity contribution in [2.24, 2.45) is 7.05 Å². The molecule has 0 spiro atoms. The number of carbonyl (C=O) groups is 1. The van der Waals surface area contributed by atoms with Gasteiger partial charge >= 0.3 is 0 Å². The molecule has 14 heteroatoms. The Morgan fingerprint density at radius 3 is 2.73 bits per heavy atom. The lowest BCUT2D eigenvalue weighted by Gasteiger charge is -2.17. The summed E-state index contributed by atoms with van der Waals surface area (Å²) in [7, 11) is 3.35. The molecule has 2 unspecified atom stereocenters. The molecule has 45 heavy (non-hydrogen) atoms. The van der Waals surface area contributed by atoms with E-state index in [0.29, 0.717) is 27.3 Å². The van der Waals surface area contributed by atoms with Gasteiger partial charge in [-0.2, -0.15) is 10.2 Å². The second-order valence-corrected chi connectivity index (χ2v) is 11.5. The molecule has 232 valence electrons. The number of hydrogen-bond donors (Lipinski definition) is 2. The maximum atomic E-state index is 15.9. The summed E-state index contributed by atoms with van der Waals surface area (Å²) in [6.45, 7) is 1.87. The number of benzene rings is 2. The van der Waals surface area contributed by atoms with Crippen molar-refractivity contribution in [1.29, 1.82) is 0 Å². The van der Waals surface area contributed by atoms with Crippen LogP contribution < -0.4 is 10.1 Å². The van der Waals surface area contributed by atoms with Crippen molar-refractivity contribution in [3.05, 3.63) is 71.4 Å². The smallest absolute Gasteiger partial charge is 0.270 e. The van der Waals surface area contributed by atoms with Crippen molar-refractivity contribution in [3.63, 3.8) is 0 Å². The van der Waals surface area contributed by atoms with Crippen molar-refractivity contribution in [2.45, 2.75) is 18.6 Å². The fourth-order valence-corrected chi connectivity index (χ4v) is 6.16. The number of halogens is 4. The number of rotatable bonds is 10. The minimum Gasteiger partial charge on any atom is -0.490 e. The lowest BCUT2D eigenvalue weighted by atomic mass is 9.96. The summed E-state index contributed by atoms with van der Waals surface area (Å²) in [5.74, 6) is -2.69. The van der Waals surface area contributed by atoms with Gasteiger partial charge in [0, 0.05) is 52.9 Å². The molecule has 0 aliphatic rings. The number of pyridine rings is 1. The average Bonchev–Trinajstić information content (AvgIpc) is 3.77. The molecular weight excluding hydrogens is 629 g/mol. The van der Waals surface area contributed by atoms with Crippen LogP contribution in [0.15, 0.2) is 54.0 Å². The molecule has 0 fully saturated rings. The lowest BCUT2D eigenvalue weighted by molar-refractivity contribution is -0.124. The molecule has 0 saturated heterocycles. The maximum Gasteiger partial charge on any atom is 0.270 e. The van der Waals surface area contributed by atoms with E-state index in [-0.39, 0.29) is 30.2 Å². The second-order valence-electron chi connectivity index (χ2n) is 10.2. The first-order valence-electron chi connectivity index (χ1n) is 13.7. The number of aromatic nitrogens is 5. The molecular formula is C31H26ClF3N6O3S. The first-order valence-corrected chi connectivity index (χ1v) is 15.1. The van der Waals surface area contributed by atoms with Crippen molar-refractivity contribution < 1.29 is 27.4 Å². The molecule has 0 bridgehead atoms. The van der Waals surface area contributed by atoms with Crippen molar-refractivity contribution >= 4 is 49.8 Å². The number of aromatic amines is 1. The third kappa shape index (κ3) is 5.86. The molecule has 4 aromatic heterocycles. The van der Waals surface area contributed by atoms with Crippen LogP contribution in [0, 0.1) is 11.6 Å². The molecule has 0 aliphatic heterocycles. The monoisotopic (exact) mass is 654 g/mol. The van der Waals surface area contributed by atoms with Gasteiger partial charge in [0.15, 0.2) is 0 Å². The van der Waals surface area contributed by atoms with Crippen molar-refractivity contribution in [2.75, 3.05) is 20.3 Å². The van der Waals surface area contributed by atoms with Gasteiger partial charge in [-0.15, -0.1) is 11.3 Å². The summed E-state index contributed by atoms with van der Waals surface area (Å²) >= 11 is 6.65. The standard InChI is InChI=1S/C31H26ClF3N6O3S/c1-15(37-31(42)30(32)35)21-13-22(40-39-21)28-26(25-20(34)11-18(33)12-24(25)44-8-7-43-3)29-19(6-9-45-29)27(38-28)16-4-5-23-17(10-16)14-36-41(23)2/h4-6,9-15,30H,7-8H2,1-3H3,(H,37,42)(H,39,40).